The van der Waals surface area contributed by atoms with Crippen molar-refractivity contribution in [2.24, 2.45) is 4.99 Å². The van der Waals surface area contributed by atoms with Gasteiger partial charge in [-0.3, -0.25) is 4.99 Å². The minimum atomic E-state index is 0.507. The molecule has 0 unspecified atom stereocenters. The highest BCUT2D eigenvalue weighted by atomic mass is 35.5. The van der Waals surface area contributed by atoms with Gasteiger partial charge < -0.3 is 4.74 Å². The second-order valence-electron chi connectivity index (χ2n) is 5.17. The molecular formula is C20H15Cl2NO. The first kappa shape index (κ1) is 16.6. The second-order valence-corrected chi connectivity index (χ2v) is 6.01. The van der Waals surface area contributed by atoms with E-state index in [4.69, 9.17) is 27.9 Å². The lowest BCUT2D eigenvalue weighted by Gasteiger charge is -2.09. The van der Waals surface area contributed by atoms with Crippen molar-refractivity contribution in [3.63, 3.8) is 0 Å². The van der Waals surface area contributed by atoms with Crippen LogP contribution in [0.5, 0.6) is 5.75 Å². The van der Waals surface area contributed by atoms with E-state index in [1.807, 2.05) is 54.6 Å². The zero-order valence-electron chi connectivity index (χ0n) is 12.8. The monoisotopic (exact) mass is 355 g/mol. The van der Waals surface area contributed by atoms with Gasteiger partial charge in [0, 0.05) is 16.8 Å². The molecule has 0 aliphatic rings. The third-order valence-corrected chi connectivity index (χ3v) is 3.95. The van der Waals surface area contributed by atoms with Crippen molar-refractivity contribution in [3.8, 4) is 5.75 Å². The fraction of sp³-hybridized carbons (Fsp3) is 0.0500. The summed E-state index contributed by atoms with van der Waals surface area (Å²) in [6, 6.07) is 23.0. The molecule has 0 saturated carbocycles. The Bertz CT molecular complexity index is 847. The minimum absolute atomic E-state index is 0.507. The van der Waals surface area contributed by atoms with Crippen LogP contribution in [-0.4, -0.2) is 6.21 Å². The van der Waals surface area contributed by atoms with Crippen LogP contribution in [0.3, 0.4) is 0 Å². The van der Waals surface area contributed by atoms with Crippen LogP contribution in [0.4, 0.5) is 5.69 Å². The van der Waals surface area contributed by atoms with Crippen molar-refractivity contribution in [2.45, 2.75) is 6.61 Å². The van der Waals surface area contributed by atoms with Gasteiger partial charge >= 0.3 is 0 Å². The lowest BCUT2D eigenvalue weighted by atomic mass is 10.2. The fourth-order valence-electron chi connectivity index (χ4n) is 2.18. The number of hydrogen-bond acceptors (Lipinski definition) is 2. The predicted molar refractivity (Wildman–Crippen MR) is 101 cm³/mol. The van der Waals surface area contributed by atoms with Gasteiger partial charge in [-0.2, -0.15) is 0 Å². The quantitative estimate of drug-likeness (QED) is 0.490. The maximum atomic E-state index is 6.15. The van der Waals surface area contributed by atoms with E-state index in [0.29, 0.717) is 22.3 Å². The molecule has 3 aromatic rings. The Morgan fingerprint density at radius 2 is 1.62 bits per heavy atom. The Labute approximate surface area is 151 Å². The molecule has 120 valence electrons. The van der Waals surface area contributed by atoms with Crippen LogP contribution in [0, 0.1) is 0 Å². The van der Waals surface area contributed by atoms with Gasteiger partial charge in [0.15, 0.2) is 0 Å². The minimum Gasteiger partial charge on any atom is -0.488 e. The molecule has 3 rings (SSSR count). The molecule has 0 spiro atoms. The van der Waals surface area contributed by atoms with Crippen molar-refractivity contribution < 1.29 is 4.74 Å². The molecule has 0 aromatic heterocycles. The first-order chi connectivity index (χ1) is 11.7. The molecule has 0 amide bonds. The van der Waals surface area contributed by atoms with E-state index in [-0.39, 0.29) is 0 Å². The van der Waals surface area contributed by atoms with Crippen LogP contribution in [0.15, 0.2) is 77.8 Å². The zero-order chi connectivity index (χ0) is 16.8. The first-order valence-electron chi connectivity index (χ1n) is 7.47. The number of benzene rings is 3. The maximum Gasteiger partial charge on any atom is 0.128 e. The number of para-hydroxylation sites is 1. The molecule has 0 N–H and O–H groups in total. The number of nitrogens with zero attached hydrogens (tertiary/aromatic N) is 1. The fourth-order valence-corrected chi connectivity index (χ4v) is 2.64. The highest BCUT2D eigenvalue weighted by Gasteiger charge is 2.03. The van der Waals surface area contributed by atoms with Crippen molar-refractivity contribution in [3.05, 3.63) is 94.0 Å². The summed E-state index contributed by atoms with van der Waals surface area (Å²) in [5.41, 5.74) is 2.67. The molecule has 4 heteroatoms. The predicted octanol–water partition coefficient (Wildman–Crippen LogP) is 6.32. The summed E-state index contributed by atoms with van der Waals surface area (Å²) < 4.78 is 5.92. The van der Waals surface area contributed by atoms with Crippen molar-refractivity contribution in [2.75, 3.05) is 0 Å². The number of aliphatic imine (C=N–C) groups is 1. The Kier molecular flexibility index (Phi) is 5.52. The topological polar surface area (TPSA) is 21.6 Å². The van der Waals surface area contributed by atoms with E-state index in [1.165, 1.54) is 0 Å². The molecule has 0 atom stereocenters. The average molecular weight is 356 g/mol. The summed E-state index contributed by atoms with van der Waals surface area (Å²) in [5, 5.41) is 1.10. The molecule has 0 aliphatic heterocycles. The van der Waals surface area contributed by atoms with Crippen LogP contribution in [-0.2, 0) is 6.61 Å². The van der Waals surface area contributed by atoms with Gasteiger partial charge in [-0.15, -0.1) is 0 Å². The van der Waals surface area contributed by atoms with Crippen molar-refractivity contribution in [1.29, 1.82) is 0 Å². The zero-order valence-corrected chi connectivity index (χ0v) is 14.3. The number of ether oxygens (including phenoxy) is 1. The van der Waals surface area contributed by atoms with Gasteiger partial charge in [-0.05, 0) is 35.9 Å². The third kappa shape index (κ3) is 4.38. The smallest absolute Gasteiger partial charge is 0.128 e. The van der Waals surface area contributed by atoms with Gasteiger partial charge in [0.25, 0.3) is 0 Å². The molecule has 0 bridgehead atoms. The van der Waals surface area contributed by atoms with E-state index in [2.05, 4.69) is 4.99 Å². The Balaban J connectivity index is 1.77. The summed E-state index contributed by atoms with van der Waals surface area (Å²) >= 11 is 12.0. The Morgan fingerprint density at radius 3 is 2.42 bits per heavy atom. The molecular weight excluding hydrogens is 341 g/mol. The van der Waals surface area contributed by atoms with Crippen LogP contribution in [0.1, 0.15) is 11.1 Å². The van der Waals surface area contributed by atoms with E-state index in [1.54, 1.807) is 24.4 Å². The van der Waals surface area contributed by atoms with Crippen LogP contribution in [0.2, 0.25) is 10.0 Å². The first-order valence-corrected chi connectivity index (χ1v) is 8.23. The molecule has 0 fully saturated rings. The normalized spacial score (nSPS) is 10.9. The summed E-state index contributed by atoms with van der Waals surface area (Å²) in [7, 11) is 0. The molecule has 0 saturated heterocycles. The Hall–Kier alpha value is -2.29. The third-order valence-electron chi connectivity index (χ3n) is 3.41. The number of rotatable bonds is 5. The Morgan fingerprint density at radius 1 is 0.875 bits per heavy atom. The summed E-state index contributed by atoms with van der Waals surface area (Å²) in [4.78, 5) is 4.44. The number of hydrogen-bond donors (Lipinski definition) is 0. The van der Waals surface area contributed by atoms with E-state index in [9.17, 15) is 0 Å². The summed E-state index contributed by atoms with van der Waals surface area (Å²) in [6.45, 7) is 0.507. The van der Waals surface area contributed by atoms with E-state index >= 15 is 0 Å². The van der Waals surface area contributed by atoms with Crippen LogP contribution >= 0.6 is 23.2 Å². The average Bonchev–Trinajstić information content (AvgIpc) is 2.61. The maximum absolute atomic E-state index is 6.15. The van der Waals surface area contributed by atoms with Gasteiger partial charge in [-0.25, -0.2) is 0 Å². The lowest BCUT2D eigenvalue weighted by Crippen LogP contribution is -1.98. The highest BCUT2D eigenvalue weighted by Crippen LogP contribution is 2.28. The largest absolute Gasteiger partial charge is 0.488 e. The van der Waals surface area contributed by atoms with E-state index in [0.717, 1.165) is 16.9 Å². The summed E-state index contributed by atoms with van der Waals surface area (Å²) in [6.07, 6.45) is 1.75. The van der Waals surface area contributed by atoms with Crippen LogP contribution < -0.4 is 4.74 Å². The lowest BCUT2D eigenvalue weighted by molar-refractivity contribution is 0.306. The van der Waals surface area contributed by atoms with Crippen LogP contribution in [0.25, 0.3) is 0 Å². The second kappa shape index (κ2) is 8.00. The molecule has 0 heterocycles. The van der Waals surface area contributed by atoms with Crippen molar-refractivity contribution >= 4 is 35.1 Å². The SMILES string of the molecule is Clc1ccc(N=Cc2ccccc2OCc2ccccc2)c(Cl)c1. The van der Waals surface area contributed by atoms with Gasteiger partial charge in [-0.1, -0.05) is 65.7 Å². The van der Waals surface area contributed by atoms with Gasteiger partial charge in [0.05, 0.1) is 10.7 Å². The molecule has 0 aliphatic carbocycles. The molecule has 0 radical (unpaired) electrons. The van der Waals surface area contributed by atoms with Gasteiger partial charge in [0.2, 0.25) is 0 Å². The molecule has 3 aromatic carbocycles. The highest BCUT2D eigenvalue weighted by molar-refractivity contribution is 6.36. The molecule has 24 heavy (non-hydrogen) atoms. The molecule has 2 nitrogen and oxygen atoms in total. The van der Waals surface area contributed by atoms with Crippen molar-refractivity contribution in [1.82, 2.24) is 0 Å². The summed E-state index contributed by atoms with van der Waals surface area (Å²) in [5.74, 6) is 0.773. The standard InChI is InChI=1S/C20H15Cl2NO/c21-17-10-11-19(18(22)12-17)23-13-16-8-4-5-9-20(16)24-14-15-6-2-1-3-7-15/h1-13H,14H2. The van der Waals surface area contributed by atoms with Gasteiger partial charge in [0.1, 0.15) is 12.4 Å². The van der Waals surface area contributed by atoms with E-state index < -0.39 is 0 Å². The number of halogens is 2.